The minimum Gasteiger partial charge on any atom is -0.462 e. The number of hydrogen-bond acceptors (Lipinski definition) is 3. The molecule has 0 aliphatic rings. The summed E-state index contributed by atoms with van der Waals surface area (Å²) in [6.45, 7) is 3.73. The van der Waals surface area contributed by atoms with Crippen LogP contribution < -0.4 is 0 Å². The minimum atomic E-state index is -0.296. The van der Waals surface area contributed by atoms with E-state index in [1.807, 2.05) is 36.4 Å². The molecule has 21 heavy (non-hydrogen) atoms. The second-order valence-electron chi connectivity index (χ2n) is 4.85. The number of carbonyl (C=O) groups is 2. The van der Waals surface area contributed by atoms with Gasteiger partial charge in [0, 0.05) is 5.56 Å². The number of ether oxygens (including phenoxy) is 1. The van der Waals surface area contributed by atoms with Crippen molar-refractivity contribution in [3.63, 3.8) is 0 Å². The molecule has 108 valence electrons. The van der Waals surface area contributed by atoms with E-state index < -0.39 is 0 Å². The van der Waals surface area contributed by atoms with E-state index in [0.29, 0.717) is 12.2 Å². The third kappa shape index (κ3) is 4.02. The van der Waals surface area contributed by atoms with Gasteiger partial charge in [-0.15, -0.1) is 0 Å². The first-order chi connectivity index (χ1) is 10.1. The summed E-state index contributed by atoms with van der Waals surface area (Å²) < 4.78 is 4.95. The molecule has 2 aromatic rings. The van der Waals surface area contributed by atoms with Crippen molar-refractivity contribution >= 4 is 11.8 Å². The molecule has 0 atom stereocenters. The third-order valence-corrected chi connectivity index (χ3v) is 3.23. The highest BCUT2D eigenvalue weighted by Crippen LogP contribution is 2.13. The topological polar surface area (TPSA) is 43.4 Å². The third-order valence-electron chi connectivity index (χ3n) is 3.23. The molecule has 0 aromatic heterocycles. The quantitative estimate of drug-likeness (QED) is 0.621. The van der Waals surface area contributed by atoms with Crippen molar-refractivity contribution in [3.05, 3.63) is 70.8 Å². The van der Waals surface area contributed by atoms with Crippen LogP contribution in [0.4, 0.5) is 0 Å². The predicted octanol–water partition coefficient (Wildman–Crippen LogP) is 3.66. The molecular weight excluding hydrogens is 264 g/mol. The summed E-state index contributed by atoms with van der Waals surface area (Å²) >= 11 is 0. The van der Waals surface area contributed by atoms with E-state index in [1.54, 1.807) is 26.0 Å². The number of Topliss-reactive ketones (excluding diaryl/α,β-unsaturated/α-hetero) is 1. The van der Waals surface area contributed by atoms with Gasteiger partial charge in [0.15, 0.2) is 5.78 Å². The normalized spacial score (nSPS) is 10.2. The fourth-order valence-corrected chi connectivity index (χ4v) is 2.07. The van der Waals surface area contributed by atoms with Crippen molar-refractivity contribution in [2.75, 3.05) is 6.61 Å². The average molecular weight is 282 g/mol. The highest BCUT2D eigenvalue weighted by Gasteiger charge is 2.06. The van der Waals surface area contributed by atoms with E-state index in [2.05, 4.69) is 0 Å². The van der Waals surface area contributed by atoms with Gasteiger partial charge in [-0.2, -0.15) is 0 Å². The Morgan fingerprint density at radius 3 is 1.76 bits per heavy atom. The van der Waals surface area contributed by atoms with Crippen LogP contribution in [0.2, 0.25) is 0 Å². The molecule has 3 nitrogen and oxygen atoms in total. The molecule has 0 amide bonds. The SMILES string of the molecule is CCOC(=O)c1ccc(Cc2ccc(C(C)=O)cc2)cc1. The zero-order chi connectivity index (χ0) is 15.2. The number of ketones is 1. The first-order valence-electron chi connectivity index (χ1n) is 6.96. The first-order valence-corrected chi connectivity index (χ1v) is 6.96. The lowest BCUT2D eigenvalue weighted by Crippen LogP contribution is -2.04. The second-order valence-corrected chi connectivity index (χ2v) is 4.85. The highest BCUT2D eigenvalue weighted by molar-refractivity contribution is 5.94. The Kier molecular flexibility index (Phi) is 4.88. The Labute approximate surface area is 124 Å². The molecular formula is C18H18O3. The summed E-state index contributed by atoms with van der Waals surface area (Å²) in [5.41, 5.74) is 3.52. The van der Waals surface area contributed by atoms with Gasteiger partial charge in [-0.25, -0.2) is 4.79 Å². The molecule has 0 N–H and O–H groups in total. The van der Waals surface area contributed by atoms with Crippen LogP contribution in [0.15, 0.2) is 48.5 Å². The Morgan fingerprint density at radius 1 is 0.857 bits per heavy atom. The Hall–Kier alpha value is -2.42. The monoisotopic (exact) mass is 282 g/mol. The van der Waals surface area contributed by atoms with Crippen LogP contribution in [0.5, 0.6) is 0 Å². The fourth-order valence-electron chi connectivity index (χ4n) is 2.07. The Bertz CT molecular complexity index is 625. The summed E-state index contributed by atoms with van der Waals surface area (Å²) in [7, 11) is 0. The van der Waals surface area contributed by atoms with Crippen LogP contribution >= 0.6 is 0 Å². The smallest absolute Gasteiger partial charge is 0.338 e. The van der Waals surface area contributed by atoms with E-state index in [4.69, 9.17) is 4.74 Å². The fraction of sp³-hybridized carbons (Fsp3) is 0.222. The largest absolute Gasteiger partial charge is 0.462 e. The van der Waals surface area contributed by atoms with Gasteiger partial charge in [0.1, 0.15) is 0 Å². The van der Waals surface area contributed by atoms with Gasteiger partial charge in [0.05, 0.1) is 12.2 Å². The molecule has 0 aliphatic heterocycles. The number of carbonyl (C=O) groups excluding carboxylic acids is 2. The van der Waals surface area contributed by atoms with Crippen molar-refractivity contribution in [1.29, 1.82) is 0 Å². The van der Waals surface area contributed by atoms with Gasteiger partial charge < -0.3 is 4.74 Å². The minimum absolute atomic E-state index is 0.0698. The zero-order valence-electron chi connectivity index (χ0n) is 12.3. The Balaban J connectivity index is 2.06. The summed E-state index contributed by atoms with van der Waals surface area (Å²) in [6.07, 6.45) is 0.765. The van der Waals surface area contributed by atoms with E-state index in [-0.39, 0.29) is 11.8 Å². The van der Waals surface area contributed by atoms with Gasteiger partial charge in [-0.1, -0.05) is 36.4 Å². The lowest BCUT2D eigenvalue weighted by molar-refractivity contribution is 0.0526. The van der Waals surface area contributed by atoms with Gasteiger partial charge in [0.2, 0.25) is 0 Å². The van der Waals surface area contributed by atoms with Crippen LogP contribution in [0, 0.1) is 0 Å². The molecule has 0 unspecified atom stereocenters. The summed E-state index contributed by atoms with van der Waals surface area (Å²) in [5, 5.41) is 0. The van der Waals surface area contributed by atoms with Crippen molar-refractivity contribution < 1.29 is 14.3 Å². The maximum absolute atomic E-state index is 11.6. The molecule has 0 radical (unpaired) electrons. The van der Waals surface area contributed by atoms with E-state index in [0.717, 1.165) is 23.1 Å². The van der Waals surface area contributed by atoms with Gasteiger partial charge in [-0.3, -0.25) is 4.79 Å². The average Bonchev–Trinajstić information content (AvgIpc) is 2.49. The van der Waals surface area contributed by atoms with Gasteiger partial charge in [-0.05, 0) is 43.5 Å². The summed E-state index contributed by atoms with van der Waals surface area (Å²) in [5.74, 6) is -0.227. The number of benzene rings is 2. The second kappa shape index (κ2) is 6.84. The molecule has 3 heteroatoms. The van der Waals surface area contributed by atoms with Crippen molar-refractivity contribution in [2.24, 2.45) is 0 Å². The molecule has 2 rings (SSSR count). The van der Waals surface area contributed by atoms with Crippen LogP contribution in [0.1, 0.15) is 45.7 Å². The number of esters is 1. The van der Waals surface area contributed by atoms with Crippen LogP contribution in [0.25, 0.3) is 0 Å². The van der Waals surface area contributed by atoms with E-state index in [9.17, 15) is 9.59 Å². The lowest BCUT2D eigenvalue weighted by Gasteiger charge is -2.05. The zero-order valence-corrected chi connectivity index (χ0v) is 12.3. The molecule has 0 aliphatic carbocycles. The van der Waals surface area contributed by atoms with E-state index in [1.165, 1.54) is 0 Å². The number of rotatable bonds is 5. The molecule has 0 saturated carbocycles. The first kappa shape index (κ1) is 15.0. The highest BCUT2D eigenvalue weighted by atomic mass is 16.5. The van der Waals surface area contributed by atoms with Crippen molar-refractivity contribution in [1.82, 2.24) is 0 Å². The van der Waals surface area contributed by atoms with Crippen molar-refractivity contribution in [2.45, 2.75) is 20.3 Å². The molecule has 0 spiro atoms. The Morgan fingerprint density at radius 2 is 1.33 bits per heavy atom. The lowest BCUT2D eigenvalue weighted by atomic mass is 10.0. The van der Waals surface area contributed by atoms with Crippen molar-refractivity contribution in [3.8, 4) is 0 Å². The van der Waals surface area contributed by atoms with Gasteiger partial charge >= 0.3 is 5.97 Å². The molecule has 0 fully saturated rings. The number of hydrogen-bond donors (Lipinski definition) is 0. The standard InChI is InChI=1S/C18H18O3/c1-3-21-18(20)17-10-6-15(7-11-17)12-14-4-8-16(9-5-14)13(2)19/h4-11H,3,12H2,1-2H3. The summed E-state index contributed by atoms with van der Waals surface area (Å²) in [4.78, 5) is 22.8. The van der Waals surface area contributed by atoms with Crippen LogP contribution in [-0.2, 0) is 11.2 Å². The van der Waals surface area contributed by atoms with Crippen LogP contribution in [0.3, 0.4) is 0 Å². The maximum atomic E-state index is 11.6. The molecule has 0 heterocycles. The predicted molar refractivity (Wildman–Crippen MR) is 81.7 cm³/mol. The van der Waals surface area contributed by atoms with Crippen LogP contribution in [-0.4, -0.2) is 18.4 Å². The van der Waals surface area contributed by atoms with Gasteiger partial charge in [0.25, 0.3) is 0 Å². The molecule has 0 saturated heterocycles. The molecule has 2 aromatic carbocycles. The maximum Gasteiger partial charge on any atom is 0.338 e. The molecule has 0 bridgehead atoms. The van der Waals surface area contributed by atoms with E-state index >= 15 is 0 Å². The summed E-state index contributed by atoms with van der Waals surface area (Å²) in [6, 6.07) is 15.0.